The van der Waals surface area contributed by atoms with Crippen molar-refractivity contribution < 1.29 is 14.3 Å². The molecule has 0 radical (unpaired) electrons. The van der Waals surface area contributed by atoms with Gasteiger partial charge in [0.2, 0.25) is 5.91 Å². The summed E-state index contributed by atoms with van der Waals surface area (Å²) in [5, 5.41) is 0. The largest absolute Gasteiger partial charge is 0.461 e. The van der Waals surface area contributed by atoms with Crippen LogP contribution >= 0.6 is 15.9 Å². The van der Waals surface area contributed by atoms with Gasteiger partial charge in [-0.15, -0.1) is 0 Å². The van der Waals surface area contributed by atoms with E-state index in [0.717, 1.165) is 15.6 Å². The summed E-state index contributed by atoms with van der Waals surface area (Å²) in [6.07, 6.45) is 0.219. The van der Waals surface area contributed by atoms with Crippen LogP contribution in [0.2, 0.25) is 0 Å². The van der Waals surface area contributed by atoms with Gasteiger partial charge < -0.3 is 9.64 Å². The van der Waals surface area contributed by atoms with E-state index in [1.807, 2.05) is 61.5 Å². The van der Waals surface area contributed by atoms with Gasteiger partial charge in [-0.3, -0.25) is 9.59 Å². The lowest BCUT2D eigenvalue weighted by atomic mass is 10.1. The number of ether oxygens (including phenoxy) is 1. The van der Waals surface area contributed by atoms with Gasteiger partial charge >= 0.3 is 5.97 Å². The van der Waals surface area contributed by atoms with Gasteiger partial charge in [-0.05, 0) is 30.2 Å². The molecule has 0 unspecified atom stereocenters. The summed E-state index contributed by atoms with van der Waals surface area (Å²) in [5.41, 5.74) is 2.00. The van der Waals surface area contributed by atoms with E-state index in [4.69, 9.17) is 4.74 Å². The molecule has 1 aliphatic rings. The summed E-state index contributed by atoms with van der Waals surface area (Å²) < 4.78 is 6.38. The smallest absolute Gasteiger partial charge is 0.311 e. The van der Waals surface area contributed by atoms with Crippen LogP contribution in [0.4, 0.5) is 0 Å². The summed E-state index contributed by atoms with van der Waals surface area (Å²) in [5.74, 6) is -0.699. The van der Waals surface area contributed by atoms with Gasteiger partial charge in [-0.25, -0.2) is 0 Å². The van der Waals surface area contributed by atoms with Crippen molar-refractivity contribution in [1.82, 2.24) is 4.90 Å². The highest BCUT2D eigenvalue weighted by molar-refractivity contribution is 9.10. The molecule has 2 aromatic rings. The molecule has 2 aromatic carbocycles. The maximum atomic E-state index is 12.3. The molecule has 2 atom stereocenters. The number of likely N-dealkylation sites (tertiary alicyclic amines) is 1. The minimum atomic E-state index is -0.394. The van der Waals surface area contributed by atoms with E-state index in [0.29, 0.717) is 6.54 Å². The molecule has 1 heterocycles. The van der Waals surface area contributed by atoms with Crippen LogP contribution in [0.15, 0.2) is 59.1 Å². The van der Waals surface area contributed by atoms with Gasteiger partial charge in [-0.2, -0.15) is 0 Å². The number of carbonyl (C=O) groups is 2. The SMILES string of the molecule is C[C@H](c1ccccc1)N1C[C@@H](C(=O)OCc2ccc(Br)cc2)CC1=O. The number of rotatable bonds is 5. The minimum absolute atomic E-state index is 0.00180. The van der Waals surface area contributed by atoms with Crippen molar-refractivity contribution in [3.63, 3.8) is 0 Å². The first-order valence-electron chi connectivity index (χ1n) is 8.30. The quantitative estimate of drug-likeness (QED) is 0.708. The van der Waals surface area contributed by atoms with Gasteiger partial charge in [0.05, 0.1) is 12.0 Å². The summed E-state index contributed by atoms with van der Waals surface area (Å²) in [4.78, 5) is 26.4. The van der Waals surface area contributed by atoms with Gasteiger partial charge in [0.15, 0.2) is 0 Å². The van der Waals surface area contributed by atoms with Gasteiger partial charge in [0.25, 0.3) is 0 Å². The molecule has 130 valence electrons. The second-order valence-electron chi connectivity index (χ2n) is 6.27. The molecule has 1 amide bonds. The van der Waals surface area contributed by atoms with Crippen LogP contribution in [-0.2, 0) is 20.9 Å². The summed E-state index contributed by atoms with van der Waals surface area (Å²) in [7, 11) is 0. The molecule has 0 spiro atoms. The van der Waals surface area contributed by atoms with Crippen LogP contribution in [-0.4, -0.2) is 23.3 Å². The molecule has 0 aliphatic carbocycles. The lowest BCUT2D eigenvalue weighted by Crippen LogP contribution is -2.29. The van der Waals surface area contributed by atoms with E-state index in [1.54, 1.807) is 4.90 Å². The third-order valence-corrected chi connectivity index (χ3v) is 5.06. The Balaban J connectivity index is 1.58. The fourth-order valence-corrected chi connectivity index (χ4v) is 3.29. The summed E-state index contributed by atoms with van der Waals surface area (Å²) in [6.45, 7) is 2.63. The highest BCUT2D eigenvalue weighted by Crippen LogP contribution is 2.29. The standard InChI is InChI=1S/C20H20BrNO3/c1-14(16-5-3-2-4-6-16)22-12-17(11-19(22)23)20(24)25-13-15-7-9-18(21)10-8-15/h2-10,14,17H,11-13H2,1H3/t14-,17+/m1/s1. The Kier molecular flexibility index (Phi) is 5.53. The predicted octanol–water partition coefficient (Wildman–Crippen LogP) is 4.10. The highest BCUT2D eigenvalue weighted by atomic mass is 79.9. The molecule has 0 N–H and O–H groups in total. The average molecular weight is 402 g/mol. The van der Waals surface area contributed by atoms with E-state index >= 15 is 0 Å². The number of hydrogen-bond acceptors (Lipinski definition) is 3. The third kappa shape index (κ3) is 4.28. The normalized spacial score (nSPS) is 18.2. The molecule has 25 heavy (non-hydrogen) atoms. The molecule has 0 saturated carbocycles. The molecule has 4 nitrogen and oxygen atoms in total. The van der Waals surface area contributed by atoms with Crippen LogP contribution in [0.3, 0.4) is 0 Å². The fourth-order valence-electron chi connectivity index (χ4n) is 3.03. The maximum Gasteiger partial charge on any atom is 0.311 e. The van der Waals surface area contributed by atoms with Crippen LogP contribution in [0.1, 0.15) is 30.5 Å². The van der Waals surface area contributed by atoms with Gasteiger partial charge in [0.1, 0.15) is 6.61 Å². The number of halogens is 1. The molecule has 0 aromatic heterocycles. The summed E-state index contributed by atoms with van der Waals surface area (Å²) >= 11 is 3.37. The molecule has 1 aliphatic heterocycles. The number of hydrogen-bond donors (Lipinski definition) is 0. The third-order valence-electron chi connectivity index (χ3n) is 4.54. The zero-order valence-corrected chi connectivity index (χ0v) is 15.6. The molecule has 1 saturated heterocycles. The van der Waals surface area contributed by atoms with E-state index < -0.39 is 5.92 Å². The molecular formula is C20H20BrNO3. The van der Waals surface area contributed by atoms with E-state index in [1.165, 1.54) is 0 Å². The predicted molar refractivity (Wildman–Crippen MR) is 98.6 cm³/mol. The first kappa shape index (κ1) is 17.7. The molecule has 1 fully saturated rings. The molecule has 0 bridgehead atoms. The van der Waals surface area contributed by atoms with Crippen molar-refractivity contribution in [3.8, 4) is 0 Å². The Morgan fingerprint density at radius 3 is 2.56 bits per heavy atom. The number of nitrogens with zero attached hydrogens (tertiary/aromatic N) is 1. The van der Waals surface area contributed by atoms with Crippen molar-refractivity contribution in [3.05, 3.63) is 70.2 Å². The van der Waals surface area contributed by atoms with E-state index in [2.05, 4.69) is 15.9 Å². The van der Waals surface area contributed by atoms with Crippen molar-refractivity contribution in [2.24, 2.45) is 5.92 Å². The van der Waals surface area contributed by atoms with Crippen molar-refractivity contribution >= 4 is 27.8 Å². The van der Waals surface area contributed by atoms with Crippen LogP contribution < -0.4 is 0 Å². The molecule has 5 heteroatoms. The number of carbonyl (C=O) groups excluding carboxylic acids is 2. The zero-order valence-electron chi connectivity index (χ0n) is 14.0. The van der Waals surface area contributed by atoms with Crippen molar-refractivity contribution in [1.29, 1.82) is 0 Å². The molecule has 3 rings (SSSR count). The van der Waals surface area contributed by atoms with Gasteiger partial charge in [-0.1, -0.05) is 58.4 Å². The van der Waals surface area contributed by atoms with Crippen molar-refractivity contribution in [2.45, 2.75) is 26.0 Å². The minimum Gasteiger partial charge on any atom is -0.461 e. The number of benzene rings is 2. The Morgan fingerprint density at radius 2 is 1.88 bits per heavy atom. The lowest BCUT2D eigenvalue weighted by Gasteiger charge is -2.25. The second kappa shape index (κ2) is 7.83. The lowest BCUT2D eigenvalue weighted by molar-refractivity contribution is -0.149. The first-order valence-corrected chi connectivity index (χ1v) is 9.09. The Bertz CT molecular complexity index is 745. The maximum absolute atomic E-state index is 12.3. The van der Waals surface area contributed by atoms with Gasteiger partial charge in [0, 0.05) is 17.4 Å². The van der Waals surface area contributed by atoms with E-state index in [9.17, 15) is 9.59 Å². The van der Waals surface area contributed by atoms with Crippen LogP contribution in [0.25, 0.3) is 0 Å². The van der Waals surface area contributed by atoms with Crippen molar-refractivity contribution in [2.75, 3.05) is 6.54 Å². The second-order valence-corrected chi connectivity index (χ2v) is 7.18. The highest BCUT2D eigenvalue weighted by Gasteiger charge is 2.37. The summed E-state index contributed by atoms with van der Waals surface area (Å²) in [6, 6.07) is 17.4. The molecular weight excluding hydrogens is 382 g/mol. The Labute approximate surface area is 155 Å². The Hall–Kier alpha value is -2.14. The Morgan fingerprint density at radius 1 is 1.20 bits per heavy atom. The topological polar surface area (TPSA) is 46.6 Å². The first-order chi connectivity index (χ1) is 12.0. The monoisotopic (exact) mass is 401 g/mol. The number of amides is 1. The van der Waals surface area contributed by atoms with Crippen LogP contribution in [0.5, 0.6) is 0 Å². The zero-order chi connectivity index (χ0) is 17.8. The average Bonchev–Trinajstić information content (AvgIpc) is 3.03. The van der Waals surface area contributed by atoms with Crippen LogP contribution in [0, 0.1) is 5.92 Å². The number of esters is 1. The van der Waals surface area contributed by atoms with E-state index in [-0.39, 0.29) is 30.9 Å². The fraction of sp³-hybridized carbons (Fsp3) is 0.300.